The number of sulfonamides is 1. The number of anilines is 1. The molecule has 6 rings (SSSR count). The molecule has 3 aliphatic heterocycles. The molecule has 0 bridgehead atoms. The summed E-state index contributed by atoms with van der Waals surface area (Å²) in [7, 11) is -3.80. The van der Waals surface area contributed by atoms with Crippen molar-refractivity contribution in [3.63, 3.8) is 0 Å². The van der Waals surface area contributed by atoms with Gasteiger partial charge in [0.15, 0.2) is 0 Å². The van der Waals surface area contributed by atoms with E-state index < -0.39 is 10.0 Å². The smallest absolute Gasteiger partial charge is 0.256 e. The maximum absolute atomic E-state index is 13.6. The lowest BCUT2D eigenvalue weighted by Gasteiger charge is -2.33. The fourth-order valence-electron chi connectivity index (χ4n) is 6.52. The molecule has 1 atom stereocenters. The third-order valence-corrected chi connectivity index (χ3v) is 11.4. The molecule has 2 saturated heterocycles. The molecular weight excluding hydrogens is 636 g/mol. The summed E-state index contributed by atoms with van der Waals surface area (Å²) in [6, 6.07) is 19.8. The number of nitrogens with zero attached hydrogens (tertiary/aromatic N) is 2. The van der Waals surface area contributed by atoms with Gasteiger partial charge < -0.3 is 20.3 Å². The molecule has 2 fully saturated rings. The maximum atomic E-state index is 13.6. The van der Waals surface area contributed by atoms with Gasteiger partial charge in [0, 0.05) is 54.6 Å². The summed E-state index contributed by atoms with van der Waals surface area (Å²) in [4.78, 5) is 28.1. The summed E-state index contributed by atoms with van der Waals surface area (Å²) >= 11 is 6.52. The number of hydrogen-bond donors (Lipinski definition) is 2. The summed E-state index contributed by atoms with van der Waals surface area (Å²) in [5.74, 6) is 0.0387. The summed E-state index contributed by atoms with van der Waals surface area (Å²) in [5, 5.41) is 6.16. The van der Waals surface area contributed by atoms with Crippen LogP contribution in [0.3, 0.4) is 0 Å². The van der Waals surface area contributed by atoms with Crippen molar-refractivity contribution < 1.29 is 22.7 Å². The van der Waals surface area contributed by atoms with Crippen LogP contribution in [0.1, 0.15) is 66.9 Å². The van der Waals surface area contributed by atoms with E-state index in [-0.39, 0.29) is 35.9 Å². The van der Waals surface area contributed by atoms with Gasteiger partial charge in [-0.15, -0.1) is 0 Å². The number of amides is 2. The first kappa shape index (κ1) is 33.2. The van der Waals surface area contributed by atoms with E-state index in [2.05, 4.69) is 22.5 Å². The van der Waals surface area contributed by atoms with Crippen LogP contribution >= 0.6 is 11.6 Å². The first-order chi connectivity index (χ1) is 22.7. The predicted molar refractivity (Wildman–Crippen MR) is 185 cm³/mol. The Labute approximate surface area is 282 Å². The number of nitrogens with one attached hydrogen (secondary N) is 2. The maximum Gasteiger partial charge on any atom is 0.256 e. The zero-order valence-corrected chi connectivity index (χ0v) is 28.2. The number of hydrogen-bond acceptors (Lipinski definition) is 6. The zero-order valence-electron chi connectivity index (χ0n) is 26.6. The highest BCUT2D eigenvalue weighted by Crippen LogP contribution is 2.36. The van der Waals surface area contributed by atoms with Gasteiger partial charge in [-0.1, -0.05) is 48.4 Å². The molecule has 248 valence electrons. The largest absolute Gasteiger partial charge is 0.489 e. The molecule has 3 aromatic carbocycles. The van der Waals surface area contributed by atoms with E-state index in [1.165, 1.54) is 29.6 Å². The SMILES string of the molecule is CC1CCCCN1CCCNC(=O)c1ccc(OC2CCN(S(=O)(=O)c3ccc4c(c3)C(=Cc3ccccc3)C(=O)N4)CC2)c(Cl)c1. The van der Waals surface area contributed by atoms with E-state index in [4.69, 9.17) is 16.3 Å². The van der Waals surface area contributed by atoms with Crippen molar-refractivity contribution in [1.29, 1.82) is 0 Å². The Balaban J connectivity index is 1.02. The Bertz CT molecular complexity index is 1760. The van der Waals surface area contributed by atoms with Crippen LogP contribution in [0.25, 0.3) is 11.6 Å². The molecule has 2 N–H and O–H groups in total. The van der Waals surface area contributed by atoms with Crippen LogP contribution in [0.5, 0.6) is 5.75 Å². The molecule has 3 aromatic rings. The number of ether oxygens (including phenoxy) is 1. The minimum atomic E-state index is -3.80. The van der Waals surface area contributed by atoms with E-state index >= 15 is 0 Å². The molecule has 0 saturated carbocycles. The van der Waals surface area contributed by atoms with Gasteiger partial charge in [0.1, 0.15) is 11.9 Å². The van der Waals surface area contributed by atoms with Crippen LogP contribution in [0.2, 0.25) is 5.02 Å². The lowest BCUT2D eigenvalue weighted by Crippen LogP contribution is -2.41. The van der Waals surface area contributed by atoms with Crippen molar-refractivity contribution >= 4 is 50.8 Å². The van der Waals surface area contributed by atoms with Gasteiger partial charge in [-0.25, -0.2) is 8.42 Å². The number of halogens is 1. The van der Waals surface area contributed by atoms with Crippen LogP contribution < -0.4 is 15.4 Å². The number of carbonyl (C=O) groups excluding carboxylic acids is 2. The van der Waals surface area contributed by atoms with Crippen molar-refractivity contribution in [1.82, 2.24) is 14.5 Å². The molecule has 3 heterocycles. The molecule has 0 spiro atoms. The molecule has 3 aliphatic rings. The summed E-state index contributed by atoms with van der Waals surface area (Å²) in [6.07, 6.45) is 7.19. The second-order valence-electron chi connectivity index (χ2n) is 12.5. The second kappa shape index (κ2) is 14.6. The fraction of sp³-hybridized carbons (Fsp3) is 0.389. The van der Waals surface area contributed by atoms with Crippen molar-refractivity contribution in [3.8, 4) is 5.75 Å². The highest BCUT2D eigenvalue weighted by atomic mass is 35.5. The third kappa shape index (κ3) is 7.73. The first-order valence-corrected chi connectivity index (χ1v) is 18.2. The Hall–Kier alpha value is -3.70. The Morgan fingerprint density at radius 1 is 1.02 bits per heavy atom. The van der Waals surface area contributed by atoms with Gasteiger partial charge in [0.25, 0.3) is 11.8 Å². The van der Waals surface area contributed by atoms with Gasteiger partial charge in [-0.3, -0.25) is 9.59 Å². The van der Waals surface area contributed by atoms with Crippen molar-refractivity contribution in [3.05, 3.63) is 88.4 Å². The van der Waals surface area contributed by atoms with Crippen LogP contribution in [-0.2, 0) is 14.8 Å². The topological polar surface area (TPSA) is 108 Å². The number of likely N-dealkylation sites (tertiary alicyclic amines) is 1. The average molecular weight is 677 g/mol. The molecular formula is C36H41ClN4O5S. The molecule has 47 heavy (non-hydrogen) atoms. The number of rotatable bonds is 10. The second-order valence-corrected chi connectivity index (χ2v) is 14.8. The van der Waals surface area contributed by atoms with Gasteiger partial charge >= 0.3 is 0 Å². The lowest BCUT2D eigenvalue weighted by molar-refractivity contribution is -0.110. The highest BCUT2D eigenvalue weighted by Gasteiger charge is 2.33. The molecule has 1 unspecified atom stereocenters. The van der Waals surface area contributed by atoms with Crippen LogP contribution in [0, 0.1) is 0 Å². The normalized spacial score (nSPS) is 20.2. The Kier molecular flexibility index (Phi) is 10.3. The van der Waals surface area contributed by atoms with Gasteiger partial charge in [-0.05, 0) is 93.6 Å². The molecule has 2 amide bonds. The van der Waals surface area contributed by atoms with Gasteiger partial charge in [-0.2, -0.15) is 4.31 Å². The number of benzene rings is 3. The van der Waals surface area contributed by atoms with Crippen LogP contribution in [-0.4, -0.2) is 74.3 Å². The Morgan fingerprint density at radius 2 is 1.81 bits per heavy atom. The minimum Gasteiger partial charge on any atom is -0.489 e. The van der Waals surface area contributed by atoms with Crippen molar-refractivity contribution in [2.24, 2.45) is 0 Å². The zero-order chi connectivity index (χ0) is 33.0. The molecule has 0 aromatic heterocycles. The molecule has 9 nitrogen and oxygen atoms in total. The molecule has 11 heteroatoms. The molecule has 0 aliphatic carbocycles. The van der Waals surface area contributed by atoms with E-state index in [0.717, 1.165) is 25.1 Å². The van der Waals surface area contributed by atoms with Gasteiger partial charge in [0.2, 0.25) is 10.0 Å². The minimum absolute atomic E-state index is 0.143. The Morgan fingerprint density at radius 3 is 2.55 bits per heavy atom. The highest BCUT2D eigenvalue weighted by molar-refractivity contribution is 7.89. The molecule has 0 radical (unpaired) electrons. The van der Waals surface area contributed by atoms with Crippen LogP contribution in [0.15, 0.2) is 71.6 Å². The quantitative estimate of drug-likeness (QED) is 0.200. The van der Waals surface area contributed by atoms with E-state index in [0.29, 0.717) is 58.6 Å². The van der Waals surface area contributed by atoms with E-state index in [1.807, 2.05) is 30.3 Å². The van der Waals surface area contributed by atoms with Crippen molar-refractivity contribution in [2.45, 2.75) is 62.5 Å². The van der Waals surface area contributed by atoms with Crippen LogP contribution in [0.4, 0.5) is 5.69 Å². The van der Waals surface area contributed by atoms with E-state index in [1.54, 1.807) is 36.4 Å². The monoisotopic (exact) mass is 676 g/mol. The average Bonchev–Trinajstić information content (AvgIpc) is 3.39. The predicted octanol–water partition coefficient (Wildman–Crippen LogP) is 6.06. The van der Waals surface area contributed by atoms with E-state index in [9.17, 15) is 18.0 Å². The lowest BCUT2D eigenvalue weighted by atomic mass is 10.0. The van der Waals surface area contributed by atoms with Gasteiger partial charge in [0.05, 0.1) is 9.92 Å². The standard InChI is InChI=1S/C36H41ClN4O5S/c1-25-8-5-6-18-40(25)19-7-17-38-35(42)27-11-14-34(32(37)23-27)46-28-15-20-41(21-16-28)47(44,45)29-12-13-33-30(24-29)31(36(43)39-33)22-26-9-3-2-4-10-26/h2-4,9-14,22-25,28H,5-8,15-21H2,1H3,(H,38,42)(H,39,43). The summed E-state index contributed by atoms with van der Waals surface area (Å²) < 4.78 is 34.9. The van der Waals surface area contributed by atoms with Crippen molar-refractivity contribution in [2.75, 3.05) is 38.0 Å². The summed E-state index contributed by atoms with van der Waals surface area (Å²) in [5.41, 5.74) is 2.91. The fourth-order valence-corrected chi connectivity index (χ4v) is 8.24. The number of carbonyl (C=O) groups is 2. The number of fused-ring (bicyclic) bond motifs is 1. The first-order valence-electron chi connectivity index (χ1n) is 16.4. The number of piperidine rings is 2. The third-order valence-electron chi connectivity index (χ3n) is 9.26. The summed E-state index contributed by atoms with van der Waals surface area (Å²) in [6.45, 7) is 5.54.